The topological polar surface area (TPSA) is 45.7 Å². The second-order valence-corrected chi connectivity index (χ2v) is 7.50. The van der Waals surface area contributed by atoms with Crippen molar-refractivity contribution in [2.75, 3.05) is 39.2 Å². The standard InChI is InChI=1S/C19H25N3O2S/c1-21(2)11-4-12-22(18(23)15-5-6-15)19-20-17(13-25-19)14-7-9-16(24-3)10-8-14/h7-10,13,15H,4-6,11-12H2,1-3H3. The number of benzene rings is 1. The lowest BCUT2D eigenvalue weighted by Gasteiger charge is -2.21. The van der Waals surface area contributed by atoms with E-state index in [1.165, 1.54) is 0 Å². The quantitative estimate of drug-likeness (QED) is 0.723. The maximum atomic E-state index is 12.7. The number of aromatic nitrogens is 1. The fourth-order valence-corrected chi connectivity index (χ4v) is 3.54. The molecule has 1 amide bonds. The Bertz CT molecular complexity index is 708. The summed E-state index contributed by atoms with van der Waals surface area (Å²) < 4.78 is 5.20. The molecule has 1 fully saturated rings. The molecule has 1 heterocycles. The van der Waals surface area contributed by atoms with Crippen LogP contribution in [0.4, 0.5) is 5.13 Å². The van der Waals surface area contributed by atoms with Crippen molar-refractivity contribution >= 4 is 22.4 Å². The van der Waals surface area contributed by atoms with Crippen LogP contribution in [0.25, 0.3) is 11.3 Å². The summed E-state index contributed by atoms with van der Waals surface area (Å²) in [6.45, 7) is 1.69. The van der Waals surface area contributed by atoms with E-state index in [0.29, 0.717) is 0 Å². The van der Waals surface area contributed by atoms with Gasteiger partial charge in [-0.2, -0.15) is 0 Å². The Balaban J connectivity index is 1.76. The first-order valence-corrected chi connectivity index (χ1v) is 9.52. The zero-order valence-corrected chi connectivity index (χ0v) is 15.9. The molecule has 0 atom stereocenters. The monoisotopic (exact) mass is 359 g/mol. The second kappa shape index (κ2) is 7.97. The first kappa shape index (κ1) is 17.9. The number of hydrogen-bond acceptors (Lipinski definition) is 5. The van der Waals surface area contributed by atoms with Gasteiger partial charge in [0.25, 0.3) is 0 Å². The molecule has 0 saturated heterocycles. The number of anilines is 1. The largest absolute Gasteiger partial charge is 0.497 e. The van der Waals surface area contributed by atoms with E-state index in [2.05, 4.69) is 19.0 Å². The molecule has 0 spiro atoms. The number of amides is 1. The van der Waals surface area contributed by atoms with E-state index in [9.17, 15) is 4.79 Å². The number of carbonyl (C=O) groups excluding carboxylic acids is 1. The third-order valence-corrected chi connectivity index (χ3v) is 5.15. The van der Waals surface area contributed by atoms with Gasteiger partial charge in [-0.15, -0.1) is 11.3 Å². The Kier molecular flexibility index (Phi) is 5.71. The summed E-state index contributed by atoms with van der Waals surface area (Å²) in [4.78, 5) is 21.4. The summed E-state index contributed by atoms with van der Waals surface area (Å²) in [7, 11) is 5.77. The molecule has 3 rings (SSSR count). The van der Waals surface area contributed by atoms with Gasteiger partial charge in [0, 0.05) is 23.4 Å². The van der Waals surface area contributed by atoms with Crippen molar-refractivity contribution in [3.63, 3.8) is 0 Å². The third kappa shape index (κ3) is 4.58. The molecule has 0 unspecified atom stereocenters. The lowest BCUT2D eigenvalue weighted by atomic mass is 10.2. The van der Waals surface area contributed by atoms with Gasteiger partial charge in [0.1, 0.15) is 5.75 Å². The van der Waals surface area contributed by atoms with Crippen molar-refractivity contribution < 1.29 is 9.53 Å². The van der Waals surface area contributed by atoms with E-state index >= 15 is 0 Å². The lowest BCUT2D eigenvalue weighted by Crippen LogP contribution is -2.34. The maximum absolute atomic E-state index is 12.7. The predicted molar refractivity (Wildman–Crippen MR) is 102 cm³/mol. The SMILES string of the molecule is COc1ccc(-c2csc(N(CCCN(C)C)C(=O)C3CC3)n2)cc1. The van der Waals surface area contributed by atoms with Crippen molar-refractivity contribution in [3.8, 4) is 17.0 Å². The van der Waals surface area contributed by atoms with Crippen molar-refractivity contribution in [3.05, 3.63) is 29.6 Å². The van der Waals surface area contributed by atoms with Crippen LogP contribution in [0.15, 0.2) is 29.6 Å². The summed E-state index contributed by atoms with van der Waals surface area (Å²) in [5.74, 6) is 1.26. The number of ether oxygens (including phenoxy) is 1. The number of rotatable bonds is 8. The first-order chi connectivity index (χ1) is 12.1. The lowest BCUT2D eigenvalue weighted by molar-refractivity contribution is -0.119. The number of methoxy groups -OCH3 is 1. The summed E-state index contributed by atoms with van der Waals surface area (Å²) in [5.41, 5.74) is 1.94. The van der Waals surface area contributed by atoms with Crippen LogP contribution in [0.5, 0.6) is 5.75 Å². The van der Waals surface area contributed by atoms with Crippen LogP contribution in [0.3, 0.4) is 0 Å². The highest BCUT2D eigenvalue weighted by atomic mass is 32.1. The smallest absolute Gasteiger partial charge is 0.231 e. The van der Waals surface area contributed by atoms with E-state index in [1.807, 2.05) is 34.5 Å². The molecule has 134 valence electrons. The number of thiazole rings is 1. The van der Waals surface area contributed by atoms with E-state index in [1.54, 1.807) is 18.4 Å². The molecular weight excluding hydrogens is 334 g/mol. The first-order valence-electron chi connectivity index (χ1n) is 8.64. The molecule has 6 heteroatoms. The molecule has 0 N–H and O–H groups in total. The Morgan fingerprint density at radius 1 is 1.24 bits per heavy atom. The summed E-state index contributed by atoms with van der Waals surface area (Å²) >= 11 is 1.54. The predicted octanol–water partition coefficient (Wildman–Crippen LogP) is 3.51. The van der Waals surface area contributed by atoms with E-state index in [-0.39, 0.29) is 11.8 Å². The molecule has 1 saturated carbocycles. The molecule has 25 heavy (non-hydrogen) atoms. The van der Waals surface area contributed by atoms with Crippen LogP contribution in [0.2, 0.25) is 0 Å². The number of carbonyl (C=O) groups is 1. The van der Waals surface area contributed by atoms with Crippen LogP contribution >= 0.6 is 11.3 Å². The van der Waals surface area contributed by atoms with Gasteiger partial charge in [-0.05, 0) is 64.2 Å². The highest BCUT2D eigenvalue weighted by molar-refractivity contribution is 7.14. The van der Waals surface area contributed by atoms with Gasteiger partial charge in [0.2, 0.25) is 5.91 Å². The molecule has 2 aromatic rings. The molecule has 5 nitrogen and oxygen atoms in total. The zero-order valence-electron chi connectivity index (χ0n) is 15.1. The molecule has 0 aliphatic heterocycles. The van der Waals surface area contributed by atoms with Crippen molar-refractivity contribution in [2.24, 2.45) is 5.92 Å². The molecule has 1 aromatic heterocycles. The van der Waals surface area contributed by atoms with Crippen LogP contribution in [0, 0.1) is 5.92 Å². The van der Waals surface area contributed by atoms with Crippen molar-refractivity contribution in [1.82, 2.24) is 9.88 Å². The second-order valence-electron chi connectivity index (χ2n) is 6.66. The van der Waals surface area contributed by atoms with Gasteiger partial charge in [0.05, 0.1) is 12.8 Å². The molecule has 0 radical (unpaired) electrons. The third-order valence-electron chi connectivity index (χ3n) is 4.29. The van der Waals surface area contributed by atoms with Crippen LogP contribution in [-0.2, 0) is 4.79 Å². The van der Waals surface area contributed by atoms with Gasteiger partial charge in [-0.25, -0.2) is 4.98 Å². The molecular formula is C19H25N3O2S. The summed E-state index contributed by atoms with van der Waals surface area (Å²) in [5, 5.41) is 2.83. The Hall–Kier alpha value is -1.92. The van der Waals surface area contributed by atoms with Gasteiger partial charge < -0.3 is 9.64 Å². The average Bonchev–Trinajstić information content (AvgIpc) is 3.36. The summed E-state index contributed by atoms with van der Waals surface area (Å²) in [6.07, 6.45) is 2.97. The number of nitrogens with zero attached hydrogens (tertiary/aromatic N) is 3. The molecule has 0 bridgehead atoms. The Morgan fingerprint density at radius 2 is 1.96 bits per heavy atom. The van der Waals surface area contributed by atoms with Crippen LogP contribution < -0.4 is 9.64 Å². The molecule has 1 aliphatic rings. The minimum Gasteiger partial charge on any atom is -0.497 e. The fraction of sp³-hybridized carbons (Fsp3) is 0.474. The van der Waals surface area contributed by atoms with Gasteiger partial charge in [0.15, 0.2) is 5.13 Å². The maximum Gasteiger partial charge on any atom is 0.231 e. The van der Waals surface area contributed by atoms with Crippen molar-refractivity contribution in [2.45, 2.75) is 19.3 Å². The number of hydrogen-bond donors (Lipinski definition) is 0. The normalized spacial score (nSPS) is 13.9. The van der Waals surface area contributed by atoms with Crippen LogP contribution in [-0.4, -0.2) is 50.1 Å². The Morgan fingerprint density at radius 3 is 2.56 bits per heavy atom. The zero-order chi connectivity index (χ0) is 17.8. The summed E-state index contributed by atoms with van der Waals surface area (Å²) in [6, 6.07) is 7.85. The van der Waals surface area contributed by atoms with Crippen LogP contribution in [0.1, 0.15) is 19.3 Å². The minimum absolute atomic E-state index is 0.202. The van der Waals surface area contributed by atoms with E-state index < -0.39 is 0 Å². The minimum atomic E-state index is 0.202. The Labute approximate surface area is 153 Å². The highest BCUT2D eigenvalue weighted by Gasteiger charge is 2.34. The van der Waals surface area contributed by atoms with Gasteiger partial charge >= 0.3 is 0 Å². The van der Waals surface area contributed by atoms with Gasteiger partial charge in [-0.1, -0.05) is 0 Å². The van der Waals surface area contributed by atoms with Crippen molar-refractivity contribution in [1.29, 1.82) is 0 Å². The molecule has 1 aromatic carbocycles. The molecule has 1 aliphatic carbocycles. The van der Waals surface area contributed by atoms with Gasteiger partial charge in [-0.3, -0.25) is 9.69 Å². The fourth-order valence-electron chi connectivity index (χ4n) is 2.68. The average molecular weight is 359 g/mol. The van der Waals surface area contributed by atoms with E-state index in [4.69, 9.17) is 9.72 Å². The van der Waals surface area contributed by atoms with E-state index in [0.717, 1.165) is 54.5 Å². The highest BCUT2D eigenvalue weighted by Crippen LogP contribution is 2.35.